The molecule has 1 aromatic heterocycles. The number of rotatable bonds is 2. The smallest absolute Gasteiger partial charge is 0.126 e. The summed E-state index contributed by atoms with van der Waals surface area (Å²) in [4.78, 5) is 6.43. The van der Waals surface area contributed by atoms with Gasteiger partial charge in [-0.25, -0.2) is 4.98 Å². The molecule has 2 rings (SSSR count). The maximum atomic E-state index is 5.68. The molecule has 0 radical (unpaired) electrons. The molecule has 1 heterocycles. The van der Waals surface area contributed by atoms with Gasteiger partial charge in [-0.1, -0.05) is 27.7 Å². The van der Waals surface area contributed by atoms with E-state index in [0.29, 0.717) is 5.82 Å². The Balaban J connectivity index is 2.20. The highest BCUT2D eigenvalue weighted by atomic mass is 79.9. The van der Waals surface area contributed by atoms with Crippen molar-refractivity contribution in [3.63, 3.8) is 0 Å². The Morgan fingerprint density at radius 2 is 1.88 bits per heavy atom. The van der Waals surface area contributed by atoms with E-state index in [-0.39, 0.29) is 0 Å². The topological polar surface area (TPSA) is 38.9 Å². The van der Waals surface area contributed by atoms with Gasteiger partial charge >= 0.3 is 0 Å². The van der Waals surface area contributed by atoms with Crippen LogP contribution in [-0.4, -0.2) is 4.98 Å². The zero-order chi connectivity index (χ0) is 11.5. The van der Waals surface area contributed by atoms with E-state index in [4.69, 9.17) is 5.73 Å². The summed E-state index contributed by atoms with van der Waals surface area (Å²) in [6.45, 7) is 1.97. The Morgan fingerprint density at radius 1 is 1.19 bits per heavy atom. The van der Waals surface area contributed by atoms with E-state index < -0.39 is 0 Å². The summed E-state index contributed by atoms with van der Waals surface area (Å²) in [6, 6.07) is 10.2. The zero-order valence-corrected chi connectivity index (χ0v) is 11.2. The van der Waals surface area contributed by atoms with Gasteiger partial charge < -0.3 is 5.73 Å². The summed E-state index contributed by atoms with van der Waals surface area (Å²) < 4.78 is 1.09. The van der Waals surface area contributed by atoms with Gasteiger partial charge in [0.25, 0.3) is 0 Å². The number of hydrogen-bond donors (Lipinski definition) is 1. The Labute approximate surface area is 107 Å². The Hall–Kier alpha value is -1.00. The van der Waals surface area contributed by atoms with E-state index in [1.165, 1.54) is 4.90 Å². The first-order valence-electron chi connectivity index (χ1n) is 4.81. The highest BCUT2D eigenvalue weighted by molar-refractivity contribution is 9.10. The quantitative estimate of drug-likeness (QED) is 0.913. The standard InChI is InChI=1S/C12H11BrN2S/c1-8-6-11(7-15-12(8)14)16-10-4-2-9(13)3-5-10/h2-7H,1H3,(H2,14,15). The summed E-state index contributed by atoms with van der Waals surface area (Å²) in [5, 5.41) is 0. The number of aryl methyl sites for hydroxylation is 1. The molecule has 4 heteroatoms. The molecule has 0 atom stereocenters. The fourth-order valence-corrected chi connectivity index (χ4v) is 2.40. The van der Waals surface area contributed by atoms with Crippen LogP contribution in [0.2, 0.25) is 0 Å². The average Bonchev–Trinajstić information content (AvgIpc) is 2.27. The van der Waals surface area contributed by atoms with Crippen LogP contribution in [0.3, 0.4) is 0 Å². The molecule has 0 spiro atoms. The predicted molar refractivity (Wildman–Crippen MR) is 71.7 cm³/mol. The molecule has 82 valence electrons. The van der Waals surface area contributed by atoms with Gasteiger partial charge in [0.05, 0.1) is 0 Å². The van der Waals surface area contributed by atoms with Gasteiger partial charge in [0.1, 0.15) is 5.82 Å². The van der Waals surface area contributed by atoms with Gasteiger partial charge in [0, 0.05) is 20.5 Å². The molecule has 0 aliphatic rings. The summed E-state index contributed by atoms with van der Waals surface area (Å²) in [5.74, 6) is 0.597. The summed E-state index contributed by atoms with van der Waals surface area (Å²) in [7, 11) is 0. The maximum absolute atomic E-state index is 5.68. The molecule has 2 N–H and O–H groups in total. The highest BCUT2D eigenvalue weighted by Crippen LogP contribution is 2.29. The lowest BCUT2D eigenvalue weighted by atomic mass is 10.3. The van der Waals surface area contributed by atoms with Crippen molar-refractivity contribution in [2.75, 3.05) is 5.73 Å². The lowest BCUT2D eigenvalue weighted by Gasteiger charge is -2.04. The van der Waals surface area contributed by atoms with Crippen LogP contribution in [0.15, 0.2) is 50.8 Å². The van der Waals surface area contributed by atoms with Crippen LogP contribution in [-0.2, 0) is 0 Å². The molecule has 1 aromatic carbocycles. The van der Waals surface area contributed by atoms with Crippen molar-refractivity contribution in [3.8, 4) is 0 Å². The molecule has 0 aliphatic heterocycles. The van der Waals surface area contributed by atoms with Crippen LogP contribution in [0.1, 0.15) is 5.56 Å². The minimum atomic E-state index is 0.597. The molecule has 0 aliphatic carbocycles. The van der Waals surface area contributed by atoms with Crippen molar-refractivity contribution in [1.82, 2.24) is 4.98 Å². The largest absolute Gasteiger partial charge is 0.383 e. The summed E-state index contributed by atoms with van der Waals surface area (Å²) >= 11 is 5.09. The molecule has 0 fully saturated rings. The van der Waals surface area contributed by atoms with Crippen molar-refractivity contribution in [2.24, 2.45) is 0 Å². The second-order valence-corrected chi connectivity index (χ2v) is 5.49. The van der Waals surface area contributed by atoms with Crippen molar-refractivity contribution in [3.05, 3.63) is 46.6 Å². The third kappa shape index (κ3) is 2.77. The number of nitrogens with zero attached hydrogens (tertiary/aromatic N) is 1. The van der Waals surface area contributed by atoms with E-state index >= 15 is 0 Å². The number of anilines is 1. The SMILES string of the molecule is Cc1cc(Sc2ccc(Br)cc2)cnc1N. The first-order chi connectivity index (χ1) is 7.65. The van der Waals surface area contributed by atoms with E-state index in [1.54, 1.807) is 18.0 Å². The van der Waals surface area contributed by atoms with Crippen molar-refractivity contribution in [1.29, 1.82) is 0 Å². The second-order valence-electron chi connectivity index (χ2n) is 3.43. The van der Waals surface area contributed by atoms with Crippen molar-refractivity contribution < 1.29 is 0 Å². The van der Waals surface area contributed by atoms with E-state index in [1.807, 2.05) is 19.1 Å². The normalized spacial score (nSPS) is 10.4. The first kappa shape index (κ1) is 11.5. The van der Waals surface area contributed by atoms with Gasteiger partial charge in [0.15, 0.2) is 0 Å². The number of nitrogen functional groups attached to an aromatic ring is 1. The number of aromatic nitrogens is 1. The molecule has 0 saturated heterocycles. The fraction of sp³-hybridized carbons (Fsp3) is 0.0833. The van der Waals surface area contributed by atoms with Gasteiger partial charge in [0.2, 0.25) is 0 Å². The minimum absolute atomic E-state index is 0.597. The van der Waals surface area contributed by atoms with Crippen LogP contribution < -0.4 is 5.73 Å². The minimum Gasteiger partial charge on any atom is -0.383 e. The molecule has 0 amide bonds. The molecule has 0 saturated carbocycles. The monoisotopic (exact) mass is 294 g/mol. The molecule has 2 aromatic rings. The maximum Gasteiger partial charge on any atom is 0.126 e. The Kier molecular flexibility index (Phi) is 3.51. The molecule has 16 heavy (non-hydrogen) atoms. The fourth-order valence-electron chi connectivity index (χ4n) is 1.25. The molecular weight excluding hydrogens is 284 g/mol. The number of benzene rings is 1. The van der Waals surface area contributed by atoms with Crippen LogP contribution in [0.5, 0.6) is 0 Å². The van der Waals surface area contributed by atoms with Crippen molar-refractivity contribution >= 4 is 33.5 Å². The average molecular weight is 295 g/mol. The summed E-state index contributed by atoms with van der Waals surface area (Å²) in [5.41, 5.74) is 6.69. The van der Waals surface area contributed by atoms with Crippen molar-refractivity contribution in [2.45, 2.75) is 16.7 Å². The third-order valence-electron chi connectivity index (χ3n) is 2.14. The van der Waals surface area contributed by atoms with Gasteiger partial charge in [-0.05, 0) is 42.8 Å². The van der Waals surface area contributed by atoms with Crippen LogP contribution in [0, 0.1) is 6.92 Å². The third-order valence-corrected chi connectivity index (χ3v) is 3.64. The number of halogens is 1. The lowest BCUT2D eigenvalue weighted by molar-refractivity contribution is 1.20. The Morgan fingerprint density at radius 3 is 2.50 bits per heavy atom. The van der Waals surface area contributed by atoms with Crippen LogP contribution >= 0.6 is 27.7 Å². The predicted octanol–water partition coefficient (Wildman–Crippen LogP) is 3.89. The number of pyridine rings is 1. The summed E-state index contributed by atoms with van der Waals surface area (Å²) in [6.07, 6.45) is 1.80. The first-order valence-corrected chi connectivity index (χ1v) is 6.41. The van der Waals surface area contributed by atoms with E-state index in [0.717, 1.165) is 14.9 Å². The second kappa shape index (κ2) is 4.89. The molecular formula is C12H11BrN2S. The highest BCUT2D eigenvalue weighted by Gasteiger charge is 2.00. The lowest BCUT2D eigenvalue weighted by Crippen LogP contribution is -1.93. The van der Waals surface area contributed by atoms with Gasteiger partial charge in [-0.15, -0.1) is 0 Å². The van der Waals surface area contributed by atoms with E-state index in [9.17, 15) is 0 Å². The molecule has 0 unspecified atom stereocenters. The van der Waals surface area contributed by atoms with Gasteiger partial charge in [-0.3, -0.25) is 0 Å². The molecule has 2 nitrogen and oxygen atoms in total. The van der Waals surface area contributed by atoms with Crippen LogP contribution in [0.4, 0.5) is 5.82 Å². The van der Waals surface area contributed by atoms with Gasteiger partial charge in [-0.2, -0.15) is 0 Å². The molecule has 0 bridgehead atoms. The zero-order valence-electron chi connectivity index (χ0n) is 8.77. The van der Waals surface area contributed by atoms with E-state index in [2.05, 4.69) is 39.1 Å². The number of hydrogen-bond acceptors (Lipinski definition) is 3. The van der Waals surface area contributed by atoms with Crippen LogP contribution in [0.25, 0.3) is 0 Å². The number of nitrogens with two attached hydrogens (primary N) is 1. The Bertz CT molecular complexity index is 497.